The normalized spacial score (nSPS) is 10.2. The van der Waals surface area contributed by atoms with E-state index < -0.39 is 5.97 Å². The first-order valence-electron chi connectivity index (χ1n) is 6.53. The van der Waals surface area contributed by atoms with E-state index in [1.807, 2.05) is 31.2 Å². The molecule has 0 amide bonds. The van der Waals surface area contributed by atoms with Crippen LogP contribution in [0.2, 0.25) is 5.02 Å². The third-order valence-electron chi connectivity index (χ3n) is 2.94. The predicted octanol–water partition coefficient (Wildman–Crippen LogP) is 3.84. The van der Waals surface area contributed by atoms with E-state index in [1.165, 1.54) is 11.6 Å². The molecule has 0 radical (unpaired) electrons. The van der Waals surface area contributed by atoms with Gasteiger partial charge in [0.15, 0.2) is 0 Å². The number of carbonyl (C=O) groups is 1. The van der Waals surface area contributed by atoms with E-state index in [9.17, 15) is 4.79 Å². The molecule has 0 unspecified atom stereocenters. The van der Waals surface area contributed by atoms with Crippen molar-refractivity contribution < 1.29 is 14.6 Å². The molecule has 0 spiro atoms. The lowest BCUT2D eigenvalue weighted by atomic mass is 10.2. The average Bonchev–Trinajstić information content (AvgIpc) is 2.46. The van der Waals surface area contributed by atoms with Crippen molar-refractivity contribution >= 4 is 23.3 Å². The van der Waals surface area contributed by atoms with E-state index in [1.54, 1.807) is 12.1 Å². The number of aryl methyl sites for hydroxylation is 1. The Morgan fingerprint density at radius 2 is 1.95 bits per heavy atom. The Morgan fingerprint density at radius 3 is 2.62 bits per heavy atom. The van der Waals surface area contributed by atoms with Gasteiger partial charge in [-0.15, -0.1) is 0 Å². The fourth-order valence-corrected chi connectivity index (χ4v) is 2.10. The van der Waals surface area contributed by atoms with Crippen molar-refractivity contribution in [1.29, 1.82) is 0 Å². The lowest BCUT2D eigenvalue weighted by Crippen LogP contribution is -2.14. The van der Waals surface area contributed by atoms with Crippen molar-refractivity contribution in [1.82, 2.24) is 0 Å². The molecule has 0 fully saturated rings. The summed E-state index contributed by atoms with van der Waals surface area (Å²) in [7, 11) is 0. The quantitative estimate of drug-likeness (QED) is 0.796. The maximum atomic E-state index is 11.1. The van der Waals surface area contributed by atoms with Gasteiger partial charge >= 0.3 is 5.97 Å². The van der Waals surface area contributed by atoms with Gasteiger partial charge in [-0.1, -0.05) is 35.4 Å². The average molecular weight is 306 g/mol. The highest BCUT2D eigenvalue weighted by Crippen LogP contribution is 2.25. The fourth-order valence-electron chi connectivity index (χ4n) is 1.86. The van der Waals surface area contributed by atoms with Crippen LogP contribution >= 0.6 is 11.6 Å². The zero-order chi connectivity index (χ0) is 15.2. The first kappa shape index (κ1) is 15.2. The van der Waals surface area contributed by atoms with E-state index in [0.717, 1.165) is 5.75 Å². The molecule has 0 bridgehead atoms. The van der Waals surface area contributed by atoms with Crippen LogP contribution in [0.3, 0.4) is 0 Å². The van der Waals surface area contributed by atoms with Crippen molar-refractivity contribution in [2.45, 2.75) is 6.92 Å². The largest absolute Gasteiger partial charge is 0.492 e. The van der Waals surface area contributed by atoms with Crippen LogP contribution in [0.15, 0.2) is 42.5 Å². The lowest BCUT2D eigenvalue weighted by molar-refractivity contribution is 0.0698. The first-order chi connectivity index (χ1) is 10.1. The summed E-state index contributed by atoms with van der Waals surface area (Å²) in [5.74, 6) is -0.237. The Bertz CT molecular complexity index is 626. The van der Waals surface area contributed by atoms with Gasteiger partial charge in [-0.25, -0.2) is 4.79 Å². The highest BCUT2D eigenvalue weighted by molar-refractivity contribution is 6.34. The third-order valence-corrected chi connectivity index (χ3v) is 3.25. The van der Waals surface area contributed by atoms with Crippen LogP contribution in [0.4, 0.5) is 5.69 Å². The van der Waals surface area contributed by atoms with Crippen molar-refractivity contribution in [3.05, 3.63) is 58.6 Å². The van der Waals surface area contributed by atoms with Gasteiger partial charge < -0.3 is 15.2 Å². The molecule has 110 valence electrons. The summed E-state index contributed by atoms with van der Waals surface area (Å²) in [6.07, 6.45) is 0. The van der Waals surface area contributed by atoms with Crippen molar-refractivity contribution in [2.24, 2.45) is 0 Å². The molecular formula is C16H16ClNO3. The monoisotopic (exact) mass is 305 g/mol. The number of ether oxygens (including phenoxy) is 1. The number of hydrogen-bond acceptors (Lipinski definition) is 3. The van der Waals surface area contributed by atoms with E-state index in [-0.39, 0.29) is 5.56 Å². The molecule has 0 aliphatic heterocycles. The molecule has 0 atom stereocenters. The molecule has 0 saturated heterocycles. The highest BCUT2D eigenvalue weighted by Gasteiger charge is 2.12. The molecule has 0 saturated carbocycles. The van der Waals surface area contributed by atoms with Gasteiger partial charge in [-0.05, 0) is 31.2 Å². The second-order valence-electron chi connectivity index (χ2n) is 4.56. The summed E-state index contributed by atoms with van der Waals surface area (Å²) in [6.45, 7) is 2.88. The Balaban J connectivity index is 1.92. The first-order valence-corrected chi connectivity index (χ1v) is 6.91. The molecule has 2 aromatic carbocycles. The van der Waals surface area contributed by atoms with Crippen LogP contribution in [-0.2, 0) is 0 Å². The number of carboxylic acid groups (broad SMARTS) is 1. The maximum absolute atomic E-state index is 11.1. The number of halogens is 1. The van der Waals surface area contributed by atoms with Gasteiger partial charge in [0.05, 0.1) is 16.3 Å². The van der Waals surface area contributed by atoms with Crippen molar-refractivity contribution in [3.63, 3.8) is 0 Å². The van der Waals surface area contributed by atoms with Gasteiger partial charge in [0.1, 0.15) is 12.4 Å². The molecule has 21 heavy (non-hydrogen) atoms. The lowest BCUT2D eigenvalue weighted by Gasteiger charge is -2.12. The van der Waals surface area contributed by atoms with Crippen LogP contribution in [0, 0.1) is 6.92 Å². The second kappa shape index (κ2) is 6.99. The summed E-state index contributed by atoms with van der Waals surface area (Å²) < 4.78 is 5.57. The van der Waals surface area contributed by atoms with Crippen LogP contribution in [0.25, 0.3) is 0 Å². The van der Waals surface area contributed by atoms with E-state index >= 15 is 0 Å². The second-order valence-corrected chi connectivity index (χ2v) is 4.96. The Morgan fingerprint density at radius 1 is 1.24 bits per heavy atom. The van der Waals surface area contributed by atoms with E-state index in [4.69, 9.17) is 21.4 Å². The van der Waals surface area contributed by atoms with Crippen LogP contribution in [0.5, 0.6) is 5.75 Å². The van der Waals surface area contributed by atoms with Crippen LogP contribution in [-0.4, -0.2) is 24.2 Å². The maximum Gasteiger partial charge on any atom is 0.337 e. The fraction of sp³-hybridized carbons (Fsp3) is 0.188. The Labute approximate surface area is 128 Å². The van der Waals surface area contributed by atoms with Gasteiger partial charge in [0.2, 0.25) is 0 Å². The topological polar surface area (TPSA) is 58.6 Å². The zero-order valence-corrected chi connectivity index (χ0v) is 12.4. The number of aromatic carboxylic acids is 1. The molecule has 0 aliphatic carbocycles. The molecule has 0 heterocycles. The van der Waals surface area contributed by atoms with E-state index in [2.05, 4.69) is 5.32 Å². The molecule has 2 N–H and O–H groups in total. The summed E-state index contributed by atoms with van der Waals surface area (Å²) in [6, 6.07) is 12.5. The summed E-state index contributed by atoms with van der Waals surface area (Å²) in [5, 5.41) is 12.5. The molecular weight excluding hydrogens is 290 g/mol. The number of hydrogen-bond donors (Lipinski definition) is 2. The smallest absolute Gasteiger partial charge is 0.337 e. The SMILES string of the molecule is Cc1ccc(OCCNc2c(Cl)cccc2C(=O)O)cc1. The molecule has 2 aromatic rings. The minimum Gasteiger partial charge on any atom is -0.492 e. The van der Waals surface area contributed by atoms with E-state index in [0.29, 0.717) is 23.9 Å². The summed E-state index contributed by atoms with van der Waals surface area (Å²) >= 11 is 6.02. The molecule has 0 aromatic heterocycles. The standard InChI is InChI=1S/C16H16ClNO3/c1-11-5-7-12(8-6-11)21-10-9-18-15-13(16(19)20)3-2-4-14(15)17/h2-8,18H,9-10H2,1H3,(H,19,20). The van der Waals surface area contributed by atoms with Crippen LogP contribution < -0.4 is 10.1 Å². The molecule has 0 aliphatic rings. The zero-order valence-electron chi connectivity index (χ0n) is 11.6. The third kappa shape index (κ3) is 4.13. The van der Waals surface area contributed by atoms with Gasteiger partial charge in [-0.3, -0.25) is 0 Å². The van der Waals surface area contributed by atoms with Crippen LogP contribution in [0.1, 0.15) is 15.9 Å². The Kier molecular flexibility index (Phi) is 5.06. The minimum absolute atomic E-state index is 0.151. The molecule has 5 heteroatoms. The summed E-state index contributed by atoms with van der Waals surface area (Å²) in [5.41, 5.74) is 1.74. The number of carboxylic acids is 1. The van der Waals surface area contributed by atoms with Crippen molar-refractivity contribution in [2.75, 3.05) is 18.5 Å². The number of nitrogens with one attached hydrogen (secondary N) is 1. The number of anilines is 1. The molecule has 2 rings (SSSR count). The number of rotatable bonds is 6. The van der Waals surface area contributed by atoms with Gasteiger partial charge in [-0.2, -0.15) is 0 Å². The Hall–Kier alpha value is -2.20. The van der Waals surface area contributed by atoms with Gasteiger partial charge in [0, 0.05) is 6.54 Å². The number of para-hydroxylation sites is 1. The van der Waals surface area contributed by atoms with Crippen molar-refractivity contribution in [3.8, 4) is 5.75 Å². The molecule has 4 nitrogen and oxygen atoms in total. The minimum atomic E-state index is -1.01. The predicted molar refractivity (Wildman–Crippen MR) is 83.6 cm³/mol. The highest BCUT2D eigenvalue weighted by atomic mass is 35.5. The summed E-state index contributed by atoms with van der Waals surface area (Å²) in [4.78, 5) is 11.1. The number of benzene rings is 2. The van der Waals surface area contributed by atoms with Gasteiger partial charge in [0.25, 0.3) is 0 Å².